The SMILES string of the molecule is Cn1ccc2c(F)cc(-n3cc(C(=O)N4CCC(F)CC4)c4ccc(OCF)cc4c3=O)cc21. The van der Waals surface area contributed by atoms with Crippen LogP contribution in [-0.2, 0) is 7.05 Å². The minimum atomic E-state index is -1.08. The fourth-order valence-electron chi connectivity index (χ4n) is 4.51. The van der Waals surface area contributed by atoms with Gasteiger partial charge in [-0.3, -0.25) is 14.2 Å². The monoisotopic (exact) mass is 469 g/mol. The van der Waals surface area contributed by atoms with E-state index < -0.39 is 24.4 Å². The van der Waals surface area contributed by atoms with Gasteiger partial charge in [-0.05, 0) is 49.2 Å². The van der Waals surface area contributed by atoms with Crippen LogP contribution < -0.4 is 10.3 Å². The summed E-state index contributed by atoms with van der Waals surface area (Å²) in [6.07, 6.45) is 2.65. The molecule has 3 heterocycles. The minimum Gasteiger partial charge on any atom is -0.463 e. The van der Waals surface area contributed by atoms with E-state index in [9.17, 15) is 22.8 Å². The molecule has 0 aliphatic carbocycles. The third kappa shape index (κ3) is 3.70. The number of halogens is 3. The van der Waals surface area contributed by atoms with E-state index in [1.807, 2.05) is 0 Å². The molecule has 1 aliphatic heterocycles. The molecule has 0 N–H and O–H groups in total. The van der Waals surface area contributed by atoms with Crippen LogP contribution in [0.5, 0.6) is 5.75 Å². The quantitative estimate of drug-likeness (QED) is 0.442. The molecular weight excluding hydrogens is 447 g/mol. The number of rotatable bonds is 4. The van der Waals surface area contributed by atoms with Gasteiger partial charge in [0.1, 0.15) is 17.7 Å². The summed E-state index contributed by atoms with van der Waals surface area (Å²) in [5, 5.41) is 0.897. The third-order valence-electron chi connectivity index (χ3n) is 6.37. The number of fused-ring (bicyclic) bond motifs is 2. The van der Waals surface area contributed by atoms with E-state index in [-0.39, 0.29) is 54.2 Å². The van der Waals surface area contributed by atoms with E-state index in [2.05, 4.69) is 0 Å². The van der Waals surface area contributed by atoms with Crippen molar-refractivity contribution in [2.75, 3.05) is 20.0 Å². The van der Waals surface area contributed by atoms with Gasteiger partial charge in [0.15, 0.2) is 0 Å². The van der Waals surface area contributed by atoms with E-state index >= 15 is 0 Å². The Labute approximate surface area is 192 Å². The summed E-state index contributed by atoms with van der Waals surface area (Å²) in [5.41, 5.74) is 0.527. The van der Waals surface area contributed by atoms with Gasteiger partial charge in [0, 0.05) is 43.3 Å². The van der Waals surface area contributed by atoms with Gasteiger partial charge in [0.25, 0.3) is 11.5 Å². The second-order valence-electron chi connectivity index (χ2n) is 8.43. The standard InChI is InChI=1S/C25H22F3N3O3/c1-29-7-6-19-22(28)10-16(11-23(19)29)31-13-21(24(32)30-8-4-15(27)5-9-30)18-3-2-17(34-14-26)12-20(18)25(31)33/h2-3,6-7,10-13,15H,4-5,8-9,14H2,1H3. The molecule has 1 amide bonds. The maximum atomic E-state index is 14.8. The van der Waals surface area contributed by atoms with Gasteiger partial charge in [-0.2, -0.15) is 0 Å². The Morgan fingerprint density at radius 2 is 1.85 bits per heavy atom. The second-order valence-corrected chi connectivity index (χ2v) is 8.43. The molecule has 1 saturated heterocycles. The van der Waals surface area contributed by atoms with Gasteiger partial charge in [-0.25, -0.2) is 13.2 Å². The maximum absolute atomic E-state index is 14.8. The number of carbonyl (C=O) groups is 1. The number of aromatic nitrogens is 2. The normalized spacial score (nSPS) is 14.8. The zero-order valence-electron chi connectivity index (χ0n) is 18.4. The lowest BCUT2D eigenvalue weighted by atomic mass is 10.0. The van der Waals surface area contributed by atoms with Crippen molar-refractivity contribution in [1.82, 2.24) is 14.0 Å². The number of likely N-dealkylation sites (tertiary alicyclic amines) is 1. The molecule has 1 fully saturated rings. The fraction of sp³-hybridized carbons (Fsp3) is 0.280. The molecule has 0 saturated carbocycles. The van der Waals surface area contributed by atoms with E-state index in [1.165, 1.54) is 35.0 Å². The number of hydrogen-bond acceptors (Lipinski definition) is 3. The lowest BCUT2D eigenvalue weighted by molar-refractivity contribution is 0.0668. The Morgan fingerprint density at radius 1 is 1.09 bits per heavy atom. The molecule has 9 heteroatoms. The van der Waals surface area contributed by atoms with Crippen LogP contribution in [0.15, 0.2) is 53.6 Å². The first kappa shape index (κ1) is 22.1. The second kappa shape index (κ2) is 8.55. The van der Waals surface area contributed by atoms with Gasteiger partial charge in [-0.15, -0.1) is 0 Å². The average molecular weight is 469 g/mol. The molecule has 5 rings (SSSR count). The van der Waals surface area contributed by atoms with E-state index in [1.54, 1.807) is 34.8 Å². The first-order chi connectivity index (χ1) is 16.4. The number of benzene rings is 2. The molecule has 2 aromatic carbocycles. The van der Waals surface area contributed by atoms with Crippen molar-refractivity contribution in [2.45, 2.75) is 19.0 Å². The number of aryl methyl sites for hydroxylation is 1. The van der Waals surface area contributed by atoms with Crippen molar-refractivity contribution in [1.29, 1.82) is 0 Å². The van der Waals surface area contributed by atoms with Crippen molar-refractivity contribution in [3.8, 4) is 11.4 Å². The summed E-state index contributed by atoms with van der Waals surface area (Å²) < 4.78 is 49.1. The number of hydrogen-bond donors (Lipinski definition) is 0. The molecule has 0 atom stereocenters. The lowest BCUT2D eigenvalue weighted by Gasteiger charge is -2.29. The topological polar surface area (TPSA) is 56.5 Å². The molecule has 34 heavy (non-hydrogen) atoms. The minimum absolute atomic E-state index is 0.129. The zero-order chi connectivity index (χ0) is 24.0. The molecule has 0 bridgehead atoms. The molecule has 0 radical (unpaired) electrons. The summed E-state index contributed by atoms with van der Waals surface area (Å²) in [5.74, 6) is -0.733. The molecule has 1 aliphatic rings. The first-order valence-electron chi connectivity index (χ1n) is 10.9. The summed E-state index contributed by atoms with van der Waals surface area (Å²) >= 11 is 0. The van der Waals surface area contributed by atoms with Crippen molar-refractivity contribution >= 4 is 27.6 Å². The summed E-state index contributed by atoms with van der Waals surface area (Å²) in [7, 11) is 1.76. The molecule has 4 aromatic rings. The fourth-order valence-corrected chi connectivity index (χ4v) is 4.51. The largest absolute Gasteiger partial charge is 0.463 e. The Kier molecular flexibility index (Phi) is 5.55. The van der Waals surface area contributed by atoms with Crippen LogP contribution in [0, 0.1) is 5.82 Å². The van der Waals surface area contributed by atoms with Crippen LogP contribution in [0.4, 0.5) is 13.2 Å². The zero-order valence-corrected chi connectivity index (χ0v) is 18.4. The summed E-state index contributed by atoms with van der Waals surface area (Å²) in [6, 6.07) is 8.92. The summed E-state index contributed by atoms with van der Waals surface area (Å²) in [4.78, 5) is 28.4. The Morgan fingerprint density at radius 3 is 2.59 bits per heavy atom. The van der Waals surface area contributed by atoms with Gasteiger partial charge in [0.2, 0.25) is 6.86 Å². The lowest BCUT2D eigenvalue weighted by Crippen LogP contribution is -2.39. The molecular formula is C25H22F3N3O3. The number of pyridine rings is 1. The molecule has 0 unspecified atom stereocenters. The van der Waals surface area contributed by atoms with E-state index in [0.29, 0.717) is 16.3 Å². The third-order valence-corrected chi connectivity index (χ3v) is 6.37. The van der Waals surface area contributed by atoms with Crippen molar-refractivity contribution in [2.24, 2.45) is 7.05 Å². The number of nitrogens with zero attached hydrogens (tertiary/aromatic N) is 3. The first-order valence-corrected chi connectivity index (χ1v) is 10.9. The van der Waals surface area contributed by atoms with Crippen molar-refractivity contribution < 1.29 is 22.7 Å². The number of amides is 1. The van der Waals surface area contributed by atoms with Crippen molar-refractivity contribution in [3.63, 3.8) is 0 Å². The average Bonchev–Trinajstić information content (AvgIpc) is 3.21. The predicted molar refractivity (Wildman–Crippen MR) is 123 cm³/mol. The molecule has 0 spiro atoms. The predicted octanol–water partition coefficient (Wildman–Crippen LogP) is 4.50. The van der Waals surface area contributed by atoms with Crippen LogP contribution in [-0.4, -0.2) is 46.1 Å². The highest BCUT2D eigenvalue weighted by Crippen LogP contribution is 2.27. The number of carbonyl (C=O) groups excluding carboxylic acids is 1. The van der Waals surface area contributed by atoms with Crippen LogP contribution in [0.1, 0.15) is 23.2 Å². The van der Waals surface area contributed by atoms with E-state index in [4.69, 9.17) is 4.74 Å². The van der Waals surface area contributed by atoms with Crippen LogP contribution in [0.3, 0.4) is 0 Å². The molecule has 2 aromatic heterocycles. The summed E-state index contributed by atoms with van der Waals surface area (Å²) in [6.45, 7) is -0.562. The van der Waals surface area contributed by atoms with Crippen LogP contribution in [0.25, 0.3) is 27.4 Å². The molecule has 6 nitrogen and oxygen atoms in total. The van der Waals surface area contributed by atoms with Gasteiger partial charge < -0.3 is 14.2 Å². The Bertz CT molecular complexity index is 1470. The Balaban J connectivity index is 1.73. The van der Waals surface area contributed by atoms with E-state index in [0.717, 1.165) is 0 Å². The smallest absolute Gasteiger partial charge is 0.263 e. The maximum Gasteiger partial charge on any atom is 0.263 e. The highest BCUT2D eigenvalue weighted by Gasteiger charge is 2.26. The van der Waals surface area contributed by atoms with Crippen LogP contribution in [0.2, 0.25) is 0 Å². The van der Waals surface area contributed by atoms with Crippen LogP contribution >= 0.6 is 0 Å². The number of piperidine rings is 1. The Hall–Kier alpha value is -3.75. The molecule has 176 valence electrons. The van der Waals surface area contributed by atoms with Gasteiger partial charge in [0.05, 0.1) is 22.2 Å². The van der Waals surface area contributed by atoms with Gasteiger partial charge >= 0.3 is 0 Å². The van der Waals surface area contributed by atoms with Crippen molar-refractivity contribution in [3.05, 3.63) is 70.5 Å². The number of alkyl halides is 2. The highest BCUT2D eigenvalue weighted by molar-refractivity contribution is 6.07. The van der Waals surface area contributed by atoms with Gasteiger partial charge in [-0.1, -0.05) is 0 Å². The highest BCUT2D eigenvalue weighted by atomic mass is 19.1. The number of ether oxygens (including phenoxy) is 1.